The fraction of sp³-hybridized carbons (Fsp3) is 0.0833. The average Bonchev–Trinajstić information content (AvgIpc) is 3.39. The van der Waals surface area contributed by atoms with E-state index in [0.717, 1.165) is 22.1 Å². The highest BCUT2D eigenvalue weighted by atomic mass is 35.5. The molecule has 6 nitrogen and oxygen atoms in total. The highest BCUT2D eigenvalue weighted by Gasteiger charge is 2.17. The number of halogens is 1. The van der Waals surface area contributed by atoms with Gasteiger partial charge in [-0.05, 0) is 60.2 Å². The Bertz CT molecular complexity index is 1450. The summed E-state index contributed by atoms with van der Waals surface area (Å²) in [5, 5.41) is 5.51. The molecule has 0 radical (unpaired) electrons. The number of aryl methyl sites for hydroxylation is 1. The lowest BCUT2D eigenvalue weighted by Gasteiger charge is -2.05. The number of benzene rings is 2. The second-order valence-electron chi connectivity index (χ2n) is 7.14. The molecule has 0 aliphatic heterocycles. The summed E-state index contributed by atoms with van der Waals surface area (Å²) in [4.78, 5) is 17.3. The minimum Gasteiger partial charge on any atom is -0.497 e. The van der Waals surface area contributed by atoms with Gasteiger partial charge in [0.1, 0.15) is 17.3 Å². The van der Waals surface area contributed by atoms with Crippen LogP contribution in [0.1, 0.15) is 16.2 Å². The van der Waals surface area contributed by atoms with Gasteiger partial charge in [0.25, 0.3) is 5.91 Å². The van der Waals surface area contributed by atoms with Gasteiger partial charge in [0.05, 0.1) is 17.8 Å². The number of carbonyl (C=O) groups excluding carboxylic acids is 1. The van der Waals surface area contributed by atoms with Gasteiger partial charge in [-0.3, -0.25) is 9.20 Å². The number of nitrogens with zero attached hydrogens (tertiary/aromatic N) is 2. The number of amides is 1. The summed E-state index contributed by atoms with van der Waals surface area (Å²) >= 11 is 6.20. The minimum atomic E-state index is -0.360. The molecule has 154 valence electrons. The molecule has 1 amide bonds. The summed E-state index contributed by atoms with van der Waals surface area (Å²) in [5.41, 5.74) is 2.14. The Morgan fingerprint density at radius 1 is 1.10 bits per heavy atom. The van der Waals surface area contributed by atoms with Crippen LogP contribution in [0.5, 0.6) is 5.75 Å². The van der Waals surface area contributed by atoms with Gasteiger partial charge in [-0.25, -0.2) is 4.98 Å². The van der Waals surface area contributed by atoms with Gasteiger partial charge in [0.15, 0.2) is 11.4 Å². The molecule has 3 aromatic heterocycles. The summed E-state index contributed by atoms with van der Waals surface area (Å²) in [6.45, 7) is 1.82. The molecule has 5 aromatic rings. The third-order valence-corrected chi connectivity index (χ3v) is 5.47. The normalized spacial score (nSPS) is 11.2. The van der Waals surface area contributed by atoms with Gasteiger partial charge in [0, 0.05) is 11.8 Å². The zero-order valence-corrected chi connectivity index (χ0v) is 17.6. The lowest BCUT2D eigenvalue weighted by Crippen LogP contribution is -2.13. The maximum absolute atomic E-state index is 12.8. The summed E-state index contributed by atoms with van der Waals surface area (Å²) in [6.07, 6.45) is 1.80. The quantitative estimate of drug-likeness (QED) is 0.380. The predicted molar refractivity (Wildman–Crippen MR) is 121 cm³/mol. The lowest BCUT2D eigenvalue weighted by molar-refractivity contribution is 0.0997. The van der Waals surface area contributed by atoms with Crippen LogP contribution in [0.3, 0.4) is 0 Å². The van der Waals surface area contributed by atoms with Crippen molar-refractivity contribution in [2.45, 2.75) is 6.92 Å². The third-order valence-electron chi connectivity index (χ3n) is 5.17. The molecule has 0 fully saturated rings. The van der Waals surface area contributed by atoms with Gasteiger partial charge in [-0.15, -0.1) is 0 Å². The molecule has 1 N–H and O–H groups in total. The number of hydrogen-bond acceptors (Lipinski definition) is 4. The summed E-state index contributed by atoms with van der Waals surface area (Å²) in [7, 11) is 1.65. The van der Waals surface area contributed by atoms with E-state index in [-0.39, 0.29) is 11.7 Å². The maximum Gasteiger partial charge on any atom is 0.292 e. The van der Waals surface area contributed by atoms with Crippen LogP contribution in [0, 0.1) is 6.92 Å². The molecule has 0 unspecified atom stereocenters. The van der Waals surface area contributed by atoms with Crippen molar-refractivity contribution in [2.75, 3.05) is 12.4 Å². The first-order valence-electron chi connectivity index (χ1n) is 9.66. The molecule has 0 spiro atoms. The first-order chi connectivity index (χ1) is 15.0. The van der Waals surface area contributed by atoms with E-state index in [1.165, 1.54) is 0 Å². The zero-order valence-electron chi connectivity index (χ0n) is 16.8. The number of fused-ring (bicyclic) bond motifs is 2. The molecule has 0 atom stereocenters. The molecule has 5 rings (SSSR count). The van der Waals surface area contributed by atoms with Crippen LogP contribution in [0.25, 0.3) is 27.7 Å². The minimum absolute atomic E-state index is 0.209. The SMILES string of the molecule is COc1ccc2cc(-c3ccc(C(=O)Nc4c(C)nc5c(Cl)cccn45)o3)ccc2c1. The van der Waals surface area contributed by atoms with E-state index in [4.69, 9.17) is 20.8 Å². The van der Waals surface area contributed by atoms with Crippen LogP contribution in [0.15, 0.2) is 71.3 Å². The van der Waals surface area contributed by atoms with Crippen LogP contribution in [0.4, 0.5) is 5.82 Å². The number of pyridine rings is 1. The topological polar surface area (TPSA) is 68.8 Å². The molecule has 0 aliphatic rings. The van der Waals surface area contributed by atoms with Crippen molar-refractivity contribution >= 4 is 39.7 Å². The Hall–Kier alpha value is -3.77. The van der Waals surface area contributed by atoms with Crippen LogP contribution in [0.2, 0.25) is 5.02 Å². The molecule has 0 saturated heterocycles. The fourth-order valence-corrected chi connectivity index (χ4v) is 3.79. The number of ether oxygens (including phenoxy) is 1. The number of hydrogen-bond donors (Lipinski definition) is 1. The highest BCUT2D eigenvalue weighted by Crippen LogP contribution is 2.29. The average molecular weight is 432 g/mol. The Morgan fingerprint density at radius 2 is 1.90 bits per heavy atom. The van der Waals surface area contributed by atoms with E-state index < -0.39 is 0 Å². The highest BCUT2D eigenvalue weighted by molar-refractivity contribution is 6.33. The second kappa shape index (κ2) is 7.49. The van der Waals surface area contributed by atoms with E-state index in [0.29, 0.717) is 27.9 Å². The molecule has 3 heterocycles. The number of carbonyl (C=O) groups is 1. The summed E-state index contributed by atoms with van der Waals surface area (Å²) < 4.78 is 12.9. The van der Waals surface area contributed by atoms with E-state index >= 15 is 0 Å². The third kappa shape index (κ3) is 3.41. The van der Waals surface area contributed by atoms with Crippen LogP contribution in [-0.4, -0.2) is 22.4 Å². The number of rotatable bonds is 4. The molecule has 31 heavy (non-hydrogen) atoms. The monoisotopic (exact) mass is 431 g/mol. The standard InChI is InChI=1S/C24H18ClN3O3/c1-14-22(28-11-3-4-19(25)23(28)26-14)27-24(29)21-10-9-20(31-21)17-6-5-16-13-18(30-2)8-7-15(16)12-17/h3-13H,1-2H3,(H,27,29). The molecule has 0 bridgehead atoms. The molecule has 0 aliphatic carbocycles. The van der Waals surface area contributed by atoms with E-state index in [1.54, 1.807) is 42.0 Å². The van der Waals surface area contributed by atoms with E-state index in [2.05, 4.69) is 10.3 Å². The lowest BCUT2D eigenvalue weighted by atomic mass is 10.1. The van der Waals surface area contributed by atoms with Crippen molar-refractivity contribution in [3.05, 3.63) is 83.3 Å². The van der Waals surface area contributed by atoms with Gasteiger partial charge in [-0.2, -0.15) is 0 Å². The van der Waals surface area contributed by atoms with E-state index in [1.807, 2.05) is 43.3 Å². The van der Waals surface area contributed by atoms with Crippen molar-refractivity contribution in [3.8, 4) is 17.1 Å². The number of methoxy groups -OCH3 is 1. The van der Waals surface area contributed by atoms with Crippen molar-refractivity contribution in [1.82, 2.24) is 9.38 Å². The molecule has 0 saturated carbocycles. The summed E-state index contributed by atoms with van der Waals surface area (Å²) in [5.74, 6) is 1.82. The Morgan fingerprint density at radius 3 is 2.74 bits per heavy atom. The fourth-order valence-electron chi connectivity index (χ4n) is 3.59. The van der Waals surface area contributed by atoms with Gasteiger partial charge in [0.2, 0.25) is 0 Å². The van der Waals surface area contributed by atoms with Gasteiger partial charge >= 0.3 is 0 Å². The molecule has 2 aromatic carbocycles. The van der Waals surface area contributed by atoms with Crippen LogP contribution < -0.4 is 10.1 Å². The summed E-state index contributed by atoms with van der Waals surface area (Å²) in [6, 6.07) is 18.9. The van der Waals surface area contributed by atoms with Crippen molar-refractivity contribution in [2.24, 2.45) is 0 Å². The molecular formula is C24H18ClN3O3. The number of aromatic nitrogens is 2. The number of nitrogens with one attached hydrogen (secondary N) is 1. The zero-order chi connectivity index (χ0) is 21.5. The Labute approximate surface area is 183 Å². The van der Waals surface area contributed by atoms with Crippen LogP contribution in [-0.2, 0) is 0 Å². The van der Waals surface area contributed by atoms with Gasteiger partial charge in [-0.1, -0.05) is 29.8 Å². The Balaban J connectivity index is 1.43. The van der Waals surface area contributed by atoms with E-state index in [9.17, 15) is 4.79 Å². The first-order valence-corrected chi connectivity index (χ1v) is 10.0. The van der Waals surface area contributed by atoms with Crippen molar-refractivity contribution in [1.29, 1.82) is 0 Å². The van der Waals surface area contributed by atoms with Crippen molar-refractivity contribution < 1.29 is 13.9 Å². The smallest absolute Gasteiger partial charge is 0.292 e. The van der Waals surface area contributed by atoms with Crippen LogP contribution >= 0.6 is 11.6 Å². The number of imidazole rings is 1. The largest absolute Gasteiger partial charge is 0.497 e. The molecule has 7 heteroatoms. The first kappa shape index (κ1) is 19.2. The Kier molecular flexibility index (Phi) is 4.64. The maximum atomic E-state index is 12.8. The molecular weight excluding hydrogens is 414 g/mol. The second-order valence-corrected chi connectivity index (χ2v) is 7.55. The number of furan rings is 1. The number of anilines is 1. The van der Waals surface area contributed by atoms with Gasteiger partial charge < -0.3 is 14.5 Å². The van der Waals surface area contributed by atoms with Crippen molar-refractivity contribution in [3.63, 3.8) is 0 Å². The predicted octanol–water partition coefficient (Wildman–Crippen LogP) is 5.97.